The summed E-state index contributed by atoms with van der Waals surface area (Å²) < 4.78 is 11.4. The van der Waals surface area contributed by atoms with Crippen molar-refractivity contribution in [1.82, 2.24) is 30.7 Å². The van der Waals surface area contributed by atoms with Crippen molar-refractivity contribution in [1.29, 1.82) is 0 Å². The second kappa shape index (κ2) is 16.7. The summed E-state index contributed by atoms with van der Waals surface area (Å²) in [5, 5.41) is 11.8. The summed E-state index contributed by atoms with van der Waals surface area (Å²) >= 11 is 7.69. The number of unbranched alkanes of at least 4 members (excludes halogenated alkanes) is 1. The van der Waals surface area contributed by atoms with Crippen molar-refractivity contribution in [3.63, 3.8) is 0 Å². The van der Waals surface area contributed by atoms with Gasteiger partial charge in [-0.1, -0.05) is 35.8 Å². The Bertz CT molecular complexity index is 1510. The number of carbonyl (C=O) groups is 3. The number of carbonyl (C=O) groups excluding carboxylic acids is 3. The molecular formula is C33H44ClN7O5S. The van der Waals surface area contributed by atoms with Crippen molar-refractivity contribution in [3.05, 3.63) is 62.1 Å². The SMILES string of the molecule is CCc1nc(C(=O)[C@H](CCCCN)NC(=O)[C@@H]2C[C@@H](OCc3ccc(Cl)cc3)CN2C(=O)Cc2nc(C3CCNCC3)sc2C)no1. The number of aromatic nitrogens is 3. The Labute approximate surface area is 284 Å². The third-order valence-corrected chi connectivity index (χ3v) is 10.2. The third-order valence-electron chi connectivity index (χ3n) is 8.77. The van der Waals surface area contributed by atoms with E-state index in [2.05, 4.69) is 20.8 Å². The zero-order chi connectivity index (χ0) is 33.3. The quantitative estimate of drug-likeness (QED) is 0.158. The molecule has 5 rings (SSSR count). The van der Waals surface area contributed by atoms with Crippen molar-refractivity contribution >= 4 is 40.5 Å². The summed E-state index contributed by atoms with van der Waals surface area (Å²) in [6, 6.07) is 5.63. The molecule has 2 saturated heterocycles. The number of likely N-dealkylation sites (tertiary alicyclic amines) is 1. The molecule has 4 N–H and O–H groups in total. The molecule has 2 aromatic heterocycles. The lowest BCUT2D eigenvalue weighted by Crippen LogP contribution is -2.51. The van der Waals surface area contributed by atoms with Crippen LogP contribution in [0.15, 0.2) is 28.8 Å². The zero-order valence-corrected chi connectivity index (χ0v) is 28.6. The standard InChI is InChI=1S/C33H44ClN7O5S/c1-3-28-39-31(40-46-28)30(43)25(6-4-5-13-35)37-32(44)27-16-24(45-19-21-7-9-23(34)10-8-21)18-41(27)29(42)17-26-20(2)47-33(38-26)22-11-14-36-15-12-22/h7-10,22,24-25,27,36H,3-6,11-19,35H2,1-2H3,(H,37,44)/t24-,25+,27+/m1/s1. The number of hydrogen-bond acceptors (Lipinski definition) is 11. The fraction of sp³-hybridized carbons (Fsp3) is 0.576. The molecule has 2 fully saturated rings. The van der Waals surface area contributed by atoms with Crippen LogP contribution in [0.2, 0.25) is 5.02 Å². The highest BCUT2D eigenvalue weighted by atomic mass is 35.5. The number of benzene rings is 1. The number of ketones is 1. The molecule has 1 aromatic carbocycles. The van der Waals surface area contributed by atoms with Gasteiger partial charge in [0.25, 0.3) is 0 Å². The van der Waals surface area contributed by atoms with Crippen LogP contribution in [0.1, 0.15) is 89.0 Å². The van der Waals surface area contributed by atoms with E-state index in [1.807, 2.05) is 26.0 Å². The molecule has 0 saturated carbocycles. The Morgan fingerprint density at radius 1 is 1.19 bits per heavy atom. The van der Waals surface area contributed by atoms with Crippen LogP contribution in [-0.2, 0) is 33.8 Å². The summed E-state index contributed by atoms with van der Waals surface area (Å²) in [5.74, 6) is -0.410. The number of aryl methyl sites for hydroxylation is 2. The number of thiazole rings is 1. The van der Waals surface area contributed by atoms with Crippen LogP contribution in [0, 0.1) is 6.92 Å². The average Bonchev–Trinajstić information content (AvgIpc) is 3.83. The van der Waals surface area contributed by atoms with Gasteiger partial charge in [0.2, 0.25) is 29.3 Å². The fourth-order valence-corrected chi connectivity index (χ4v) is 7.26. The lowest BCUT2D eigenvalue weighted by molar-refractivity contribution is -0.138. The van der Waals surface area contributed by atoms with E-state index in [-0.39, 0.29) is 37.2 Å². The van der Waals surface area contributed by atoms with Crippen molar-refractivity contribution in [2.45, 2.75) is 95.9 Å². The molecule has 47 heavy (non-hydrogen) atoms. The van der Waals surface area contributed by atoms with E-state index < -0.39 is 23.8 Å². The van der Waals surface area contributed by atoms with E-state index in [1.165, 1.54) is 0 Å². The average molecular weight is 686 g/mol. The highest BCUT2D eigenvalue weighted by Gasteiger charge is 2.42. The first-order valence-electron chi connectivity index (χ1n) is 16.4. The number of nitrogens with one attached hydrogen (secondary N) is 2. The Hall–Kier alpha value is -3.23. The van der Waals surface area contributed by atoms with Crippen LogP contribution in [-0.4, -0.2) is 82.0 Å². The molecule has 14 heteroatoms. The molecule has 3 atom stereocenters. The highest BCUT2D eigenvalue weighted by Crippen LogP contribution is 2.32. The molecule has 3 aromatic rings. The van der Waals surface area contributed by atoms with E-state index in [4.69, 9.17) is 31.6 Å². The number of rotatable bonds is 15. The predicted octanol–water partition coefficient (Wildman–Crippen LogP) is 3.74. The van der Waals surface area contributed by atoms with E-state index >= 15 is 0 Å². The third kappa shape index (κ3) is 9.23. The lowest BCUT2D eigenvalue weighted by Gasteiger charge is -2.25. The van der Waals surface area contributed by atoms with Gasteiger partial charge in [0.1, 0.15) is 6.04 Å². The first-order chi connectivity index (χ1) is 22.7. The van der Waals surface area contributed by atoms with Gasteiger partial charge in [-0.3, -0.25) is 14.4 Å². The summed E-state index contributed by atoms with van der Waals surface area (Å²) in [7, 11) is 0. The molecule has 4 heterocycles. The molecule has 254 valence electrons. The van der Waals surface area contributed by atoms with E-state index in [0.29, 0.717) is 55.7 Å². The number of halogens is 1. The molecule has 2 amide bonds. The number of amides is 2. The number of Topliss-reactive ketones (excluding diaryl/α,β-unsaturated/α-hetero) is 1. The molecule has 0 aliphatic carbocycles. The smallest absolute Gasteiger partial charge is 0.243 e. The lowest BCUT2D eigenvalue weighted by atomic mass is 9.99. The second-order valence-corrected chi connectivity index (χ2v) is 13.9. The number of ether oxygens (including phenoxy) is 1. The van der Waals surface area contributed by atoms with Crippen LogP contribution >= 0.6 is 22.9 Å². The Morgan fingerprint density at radius 3 is 2.66 bits per heavy atom. The molecule has 0 bridgehead atoms. The number of hydrogen-bond donors (Lipinski definition) is 3. The van der Waals surface area contributed by atoms with Gasteiger partial charge >= 0.3 is 0 Å². The van der Waals surface area contributed by atoms with Gasteiger partial charge in [-0.05, 0) is 76.4 Å². The topological polar surface area (TPSA) is 166 Å². The molecule has 2 aliphatic rings. The van der Waals surface area contributed by atoms with Crippen LogP contribution in [0.5, 0.6) is 0 Å². The first kappa shape index (κ1) is 35.1. The van der Waals surface area contributed by atoms with Gasteiger partial charge in [0.05, 0.1) is 35.9 Å². The number of nitrogens with zero attached hydrogens (tertiary/aromatic N) is 4. The molecule has 0 spiro atoms. The van der Waals surface area contributed by atoms with Gasteiger partial charge in [-0.2, -0.15) is 4.98 Å². The van der Waals surface area contributed by atoms with Gasteiger partial charge in [0.15, 0.2) is 0 Å². The molecule has 12 nitrogen and oxygen atoms in total. The second-order valence-electron chi connectivity index (χ2n) is 12.2. The largest absolute Gasteiger partial charge is 0.372 e. The van der Waals surface area contributed by atoms with Crippen molar-refractivity contribution < 1.29 is 23.6 Å². The maximum absolute atomic E-state index is 14.0. The molecule has 0 radical (unpaired) electrons. The normalized spacial score (nSPS) is 19.2. The minimum Gasteiger partial charge on any atom is -0.372 e. The Balaban J connectivity index is 1.32. The van der Waals surface area contributed by atoms with Gasteiger partial charge in [-0.25, -0.2) is 4.98 Å². The maximum Gasteiger partial charge on any atom is 0.243 e. The highest BCUT2D eigenvalue weighted by molar-refractivity contribution is 7.11. The Morgan fingerprint density at radius 2 is 1.96 bits per heavy atom. The molecular weight excluding hydrogens is 642 g/mol. The number of nitrogens with two attached hydrogens (primary N) is 1. The van der Waals surface area contributed by atoms with E-state index in [9.17, 15) is 14.4 Å². The summed E-state index contributed by atoms with van der Waals surface area (Å²) in [6.07, 6.45) is 4.18. The van der Waals surface area contributed by atoms with Crippen molar-refractivity contribution in [2.24, 2.45) is 5.73 Å². The van der Waals surface area contributed by atoms with E-state index in [1.54, 1.807) is 28.4 Å². The summed E-state index contributed by atoms with van der Waals surface area (Å²) in [5.41, 5.74) is 7.38. The van der Waals surface area contributed by atoms with Gasteiger partial charge in [0, 0.05) is 35.2 Å². The van der Waals surface area contributed by atoms with E-state index in [0.717, 1.165) is 47.1 Å². The number of piperidine rings is 1. The predicted molar refractivity (Wildman–Crippen MR) is 178 cm³/mol. The molecule has 2 aliphatic heterocycles. The maximum atomic E-state index is 14.0. The van der Waals surface area contributed by atoms with Crippen LogP contribution in [0.3, 0.4) is 0 Å². The zero-order valence-electron chi connectivity index (χ0n) is 27.0. The minimum atomic E-state index is -0.893. The van der Waals surface area contributed by atoms with Crippen molar-refractivity contribution in [2.75, 3.05) is 26.2 Å². The fourth-order valence-electron chi connectivity index (χ4n) is 6.02. The van der Waals surface area contributed by atoms with Crippen LogP contribution in [0.4, 0.5) is 0 Å². The van der Waals surface area contributed by atoms with Gasteiger partial charge < -0.3 is 30.5 Å². The first-order valence-corrected chi connectivity index (χ1v) is 17.6. The minimum absolute atomic E-state index is 0.0769. The van der Waals surface area contributed by atoms with Crippen molar-refractivity contribution in [3.8, 4) is 0 Å². The van der Waals surface area contributed by atoms with Crippen LogP contribution < -0.4 is 16.4 Å². The monoisotopic (exact) mass is 685 g/mol. The molecule has 0 unspecified atom stereocenters. The summed E-state index contributed by atoms with van der Waals surface area (Å²) in [6.45, 7) is 6.77. The summed E-state index contributed by atoms with van der Waals surface area (Å²) in [4.78, 5) is 53.0. The van der Waals surface area contributed by atoms with Gasteiger partial charge in [-0.15, -0.1) is 11.3 Å². The Kier molecular flexibility index (Phi) is 12.5. The van der Waals surface area contributed by atoms with Crippen LogP contribution in [0.25, 0.3) is 0 Å².